The molecule has 1 aromatic carbocycles. The maximum absolute atomic E-state index is 11.0. The first-order valence-corrected chi connectivity index (χ1v) is 5.82. The number of likely N-dealkylation sites (tertiary alicyclic amines) is 1. The van der Waals surface area contributed by atoms with Crippen LogP contribution in [0.5, 0.6) is 5.75 Å². The smallest absolute Gasteiger partial charge is 0.308 e. The van der Waals surface area contributed by atoms with Crippen molar-refractivity contribution in [3.8, 4) is 5.75 Å². The second-order valence-electron chi connectivity index (χ2n) is 4.61. The Balaban J connectivity index is 2.01. The Morgan fingerprint density at radius 3 is 2.59 bits per heavy atom. The summed E-state index contributed by atoms with van der Waals surface area (Å²) in [5, 5.41) is 18.2. The van der Waals surface area contributed by atoms with E-state index in [1.807, 2.05) is 19.1 Å². The van der Waals surface area contributed by atoms with Crippen molar-refractivity contribution in [2.45, 2.75) is 25.9 Å². The van der Waals surface area contributed by atoms with E-state index < -0.39 is 5.97 Å². The van der Waals surface area contributed by atoms with Crippen molar-refractivity contribution in [2.75, 3.05) is 6.54 Å². The summed E-state index contributed by atoms with van der Waals surface area (Å²) < 4.78 is 0. The van der Waals surface area contributed by atoms with Crippen LogP contribution >= 0.6 is 0 Å². The lowest BCUT2D eigenvalue weighted by Gasteiger charge is -2.22. The predicted octanol–water partition coefficient (Wildman–Crippen LogP) is 1.69. The minimum atomic E-state index is -0.703. The Kier molecular flexibility index (Phi) is 3.33. The van der Waals surface area contributed by atoms with Gasteiger partial charge in [0.2, 0.25) is 0 Å². The van der Waals surface area contributed by atoms with Gasteiger partial charge >= 0.3 is 5.97 Å². The van der Waals surface area contributed by atoms with Gasteiger partial charge in [-0.15, -0.1) is 0 Å². The van der Waals surface area contributed by atoms with Gasteiger partial charge in [-0.1, -0.05) is 12.1 Å². The number of hydrogen-bond acceptors (Lipinski definition) is 3. The zero-order chi connectivity index (χ0) is 12.4. The van der Waals surface area contributed by atoms with Crippen molar-refractivity contribution < 1.29 is 15.0 Å². The number of carboxylic acids is 1. The number of hydrogen-bond donors (Lipinski definition) is 2. The van der Waals surface area contributed by atoms with Crippen molar-refractivity contribution in [1.82, 2.24) is 4.90 Å². The van der Waals surface area contributed by atoms with Gasteiger partial charge in [0.05, 0.1) is 5.92 Å². The number of rotatable bonds is 3. The minimum Gasteiger partial charge on any atom is -0.508 e. The third kappa shape index (κ3) is 2.58. The average molecular weight is 235 g/mol. The molecule has 2 N–H and O–H groups in total. The number of benzene rings is 1. The molecule has 0 bridgehead atoms. The van der Waals surface area contributed by atoms with Crippen LogP contribution in [0.15, 0.2) is 24.3 Å². The highest BCUT2D eigenvalue weighted by molar-refractivity contribution is 5.71. The molecular formula is C13H17NO3. The number of carbonyl (C=O) groups is 1. The quantitative estimate of drug-likeness (QED) is 0.837. The molecule has 2 unspecified atom stereocenters. The van der Waals surface area contributed by atoms with Gasteiger partial charge in [-0.25, -0.2) is 0 Å². The van der Waals surface area contributed by atoms with Gasteiger partial charge in [0.15, 0.2) is 0 Å². The highest BCUT2D eigenvalue weighted by Gasteiger charge is 2.35. The molecular weight excluding hydrogens is 218 g/mol. The van der Waals surface area contributed by atoms with Crippen molar-refractivity contribution >= 4 is 5.97 Å². The fourth-order valence-corrected chi connectivity index (χ4v) is 2.39. The first-order chi connectivity index (χ1) is 8.08. The fraction of sp³-hybridized carbons (Fsp3) is 0.462. The van der Waals surface area contributed by atoms with Gasteiger partial charge in [-0.3, -0.25) is 9.69 Å². The average Bonchev–Trinajstić information content (AvgIpc) is 2.64. The molecule has 2 rings (SSSR count). The summed E-state index contributed by atoms with van der Waals surface area (Å²) >= 11 is 0. The lowest BCUT2D eigenvalue weighted by molar-refractivity contribution is -0.142. The summed E-state index contributed by atoms with van der Waals surface area (Å²) in [5.41, 5.74) is 1.10. The van der Waals surface area contributed by atoms with E-state index in [4.69, 9.17) is 5.11 Å². The summed E-state index contributed by atoms with van der Waals surface area (Å²) in [7, 11) is 0. The highest BCUT2D eigenvalue weighted by Crippen LogP contribution is 2.26. The van der Waals surface area contributed by atoms with Crippen LogP contribution in [-0.4, -0.2) is 33.7 Å². The molecule has 1 aliphatic rings. The molecule has 4 heteroatoms. The Labute approximate surface area is 100 Å². The van der Waals surface area contributed by atoms with E-state index in [-0.39, 0.29) is 17.7 Å². The molecule has 17 heavy (non-hydrogen) atoms. The molecule has 1 fully saturated rings. The van der Waals surface area contributed by atoms with Gasteiger partial charge < -0.3 is 10.2 Å². The molecule has 1 aromatic rings. The van der Waals surface area contributed by atoms with E-state index in [0.29, 0.717) is 6.42 Å². The Morgan fingerprint density at radius 2 is 2.06 bits per heavy atom. The maximum atomic E-state index is 11.0. The van der Waals surface area contributed by atoms with E-state index in [2.05, 4.69) is 4.90 Å². The van der Waals surface area contributed by atoms with Crippen LogP contribution in [0.4, 0.5) is 0 Å². The number of nitrogens with zero attached hydrogens (tertiary/aromatic N) is 1. The minimum absolute atomic E-state index is 0.0707. The van der Waals surface area contributed by atoms with Crippen LogP contribution in [-0.2, 0) is 11.3 Å². The molecule has 0 spiro atoms. The zero-order valence-corrected chi connectivity index (χ0v) is 9.84. The topological polar surface area (TPSA) is 60.8 Å². The van der Waals surface area contributed by atoms with Gasteiger partial charge in [0.25, 0.3) is 0 Å². The molecule has 0 radical (unpaired) electrons. The standard InChI is InChI=1S/C13H17NO3/c1-9-12(13(16)17)6-7-14(9)8-10-2-4-11(15)5-3-10/h2-5,9,12,15H,6-8H2,1H3,(H,16,17). The van der Waals surface area contributed by atoms with Gasteiger partial charge in [0, 0.05) is 12.6 Å². The third-order valence-corrected chi connectivity index (χ3v) is 3.52. The SMILES string of the molecule is CC1C(C(=O)O)CCN1Cc1ccc(O)cc1. The van der Waals surface area contributed by atoms with Crippen molar-refractivity contribution in [3.63, 3.8) is 0 Å². The van der Waals surface area contributed by atoms with Crippen molar-refractivity contribution in [1.29, 1.82) is 0 Å². The predicted molar refractivity (Wildman–Crippen MR) is 63.7 cm³/mol. The van der Waals surface area contributed by atoms with Crippen LogP contribution in [0.25, 0.3) is 0 Å². The fourth-order valence-electron chi connectivity index (χ4n) is 2.39. The molecule has 0 saturated carbocycles. The third-order valence-electron chi connectivity index (χ3n) is 3.52. The molecule has 92 valence electrons. The largest absolute Gasteiger partial charge is 0.508 e. The zero-order valence-electron chi connectivity index (χ0n) is 9.84. The molecule has 2 atom stereocenters. The van der Waals surface area contributed by atoms with E-state index in [1.54, 1.807) is 12.1 Å². The second kappa shape index (κ2) is 4.75. The molecule has 0 aromatic heterocycles. The van der Waals surface area contributed by atoms with Gasteiger partial charge in [-0.2, -0.15) is 0 Å². The summed E-state index contributed by atoms with van der Waals surface area (Å²) in [6.45, 7) is 3.52. The lowest BCUT2D eigenvalue weighted by atomic mass is 10.0. The lowest BCUT2D eigenvalue weighted by Crippen LogP contribution is -2.32. The number of phenols is 1. The van der Waals surface area contributed by atoms with Crippen LogP contribution < -0.4 is 0 Å². The number of phenolic OH excluding ortho intramolecular Hbond substituents is 1. The Hall–Kier alpha value is -1.55. The summed E-state index contributed by atoms with van der Waals surface area (Å²) in [6, 6.07) is 7.13. The van der Waals surface area contributed by atoms with Gasteiger partial charge in [0.1, 0.15) is 5.75 Å². The molecule has 0 aliphatic carbocycles. The molecule has 0 amide bonds. The normalized spacial score (nSPS) is 25.0. The van der Waals surface area contributed by atoms with Crippen LogP contribution in [0.2, 0.25) is 0 Å². The number of carboxylic acid groups (broad SMARTS) is 1. The summed E-state index contributed by atoms with van der Waals surface area (Å²) in [6.07, 6.45) is 0.717. The van der Waals surface area contributed by atoms with Crippen molar-refractivity contribution in [2.24, 2.45) is 5.92 Å². The van der Waals surface area contributed by atoms with Gasteiger partial charge in [-0.05, 0) is 37.6 Å². The van der Waals surface area contributed by atoms with E-state index >= 15 is 0 Å². The van der Waals surface area contributed by atoms with Crippen LogP contribution in [0.3, 0.4) is 0 Å². The van der Waals surface area contributed by atoms with Crippen LogP contribution in [0, 0.1) is 5.92 Å². The number of aliphatic carboxylic acids is 1. The van der Waals surface area contributed by atoms with E-state index in [9.17, 15) is 9.90 Å². The molecule has 4 nitrogen and oxygen atoms in total. The molecule has 1 heterocycles. The summed E-state index contributed by atoms with van der Waals surface area (Å²) in [5.74, 6) is -0.704. The van der Waals surface area contributed by atoms with Crippen molar-refractivity contribution in [3.05, 3.63) is 29.8 Å². The molecule has 1 aliphatic heterocycles. The summed E-state index contributed by atoms with van der Waals surface area (Å²) in [4.78, 5) is 13.2. The van der Waals surface area contributed by atoms with Crippen LogP contribution in [0.1, 0.15) is 18.9 Å². The van der Waals surface area contributed by atoms with E-state index in [0.717, 1.165) is 18.7 Å². The number of aromatic hydroxyl groups is 1. The first kappa shape index (κ1) is 11.9. The van der Waals surface area contributed by atoms with E-state index in [1.165, 1.54) is 0 Å². The maximum Gasteiger partial charge on any atom is 0.308 e. The Morgan fingerprint density at radius 1 is 1.41 bits per heavy atom. The second-order valence-corrected chi connectivity index (χ2v) is 4.61. The monoisotopic (exact) mass is 235 g/mol. The highest BCUT2D eigenvalue weighted by atomic mass is 16.4. The first-order valence-electron chi connectivity index (χ1n) is 5.82. The molecule has 1 saturated heterocycles. The Bertz CT molecular complexity index is 402.